The predicted molar refractivity (Wildman–Crippen MR) is 135 cm³/mol. The fourth-order valence-electron chi connectivity index (χ4n) is 4.62. The summed E-state index contributed by atoms with van der Waals surface area (Å²) in [6, 6.07) is 38.1. The van der Waals surface area contributed by atoms with E-state index in [1.165, 1.54) is 0 Å². The third-order valence-electron chi connectivity index (χ3n) is 6.38. The van der Waals surface area contributed by atoms with Crippen LogP contribution < -0.4 is 0 Å². The number of benzene rings is 4. The van der Waals surface area contributed by atoms with Gasteiger partial charge >= 0.3 is 5.97 Å². The highest BCUT2D eigenvalue weighted by Crippen LogP contribution is 2.41. The zero-order chi connectivity index (χ0) is 23.9. The minimum atomic E-state index is -0.861. The molecule has 1 saturated heterocycles. The molecule has 0 saturated carbocycles. The second-order valence-corrected chi connectivity index (χ2v) is 8.62. The van der Waals surface area contributed by atoms with Crippen molar-refractivity contribution in [3.8, 4) is 0 Å². The topological polar surface area (TPSA) is 44.8 Å². The summed E-state index contributed by atoms with van der Waals surface area (Å²) in [6.07, 6.45) is 0.525. The van der Waals surface area contributed by atoms with Gasteiger partial charge in [-0.2, -0.15) is 0 Å². The summed E-state index contributed by atoms with van der Waals surface area (Å²) < 4.78 is 18.0. The van der Waals surface area contributed by atoms with Gasteiger partial charge in [0.2, 0.25) is 0 Å². The van der Waals surface area contributed by atoms with Gasteiger partial charge in [0.05, 0.1) is 25.4 Å². The van der Waals surface area contributed by atoms with Gasteiger partial charge in [0, 0.05) is 6.42 Å². The molecular weight excluding hydrogens is 436 g/mol. The van der Waals surface area contributed by atoms with Crippen LogP contribution in [0, 0.1) is 0 Å². The maximum Gasteiger partial charge on any atom is 0.338 e. The first-order chi connectivity index (χ1) is 17.3. The summed E-state index contributed by atoms with van der Waals surface area (Å²) in [6.45, 7) is 1.30. The highest BCUT2D eigenvalue weighted by Gasteiger charge is 2.38. The Bertz CT molecular complexity index is 1140. The fraction of sp³-hybridized carbons (Fsp3) is 0.194. The number of hydrogen-bond acceptors (Lipinski definition) is 4. The molecule has 5 rings (SSSR count). The summed E-state index contributed by atoms with van der Waals surface area (Å²) in [5.74, 6) is -0.343. The summed E-state index contributed by atoms with van der Waals surface area (Å²) in [7, 11) is 0. The molecule has 35 heavy (non-hydrogen) atoms. The first-order valence-electron chi connectivity index (χ1n) is 11.9. The molecule has 4 heteroatoms. The van der Waals surface area contributed by atoms with Gasteiger partial charge in [0.25, 0.3) is 0 Å². The van der Waals surface area contributed by atoms with Gasteiger partial charge in [-0.3, -0.25) is 0 Å². The highest BCUT2D eigenvalue weighted by molar-refractivity contribution is 5.91. The average Bonchev–Trinajstić information content (AvgIpc) is 3.44. The Kier molecular flexibility index (Phi) is 7.03. The molecule has 4 nitrogen and oxygen atoms in total. The second-order valence-electron chi connectivity index (χ2n) is 8.62. The molecule has 0 amide bonds. The first kappa shape index (κ1) is 23.0. The molecule has 0 aliphatic carbocycles. The van der Waals surface area contributed by atoms with Crippen molar-refractivity contribution in [1.29, 1.82) is 0 Å². The van der Waals surface area contributed by atoms with Gasteiger partial charge in [-0.05, 0) is 28.3 Å². The number of carbonyl (C=O) groups is 1. The van der Waals surface area contributed by atoms with Crippen LogP contribution in [0.3, 0.4) is 0 Å². The van der Waals surface area contributed by atoms with E-state index in [0.717, 1.165) is 28.7 Å². The van der Waals surface area contributed by atoms with E-state index in [1.807, 2.05) is 72.8 Å². The Labute approximate surface area is 206 Å². The molecule has 0 N–H and O–H groups in total. The Morgan fingerprint density at radius 3 is 1.77 bits per heavy atom. The Hall–Kier alpha value is -3.73. The molecule has 4 aromatic rings. The smallest absolute Gasteiger partial charge is 0.338 e. The molecule has 0 aromatic heterocycles. The molecule has 1 aliphatic rings. The van der Waals surface area contributed by atoms with E-state index < -0.39 is 5.60 Å². The lowest BCUT2D eigenvalue weighted by molar-refractivity contribution is -0.00116. The zero-order valence-electron chi connectivity index (χ0n) is 19.5. The van der Waals surface area contributed by atoms with Gasteiger partial charge in [-0.1, -0.05) is 109 Å². The van der Waals surface area contributed by atoms with Gasteiger partial charge in [0.15, 0.2) is 0 Å². The van der Waals surface area contributed by atoms with Crippen LogP contribution >= 0.6 is 0 Å². The van der Waals surface area contributed by atoms with E-state index in [0.29, 0.717) is 18.8 Å². The van der Waals surface area contributed by atoms with Gasteiger partial charge in [0.1, 0.15) is 11.7 Å². The lowest BCUT2D eigenvalue weighted by atomic mass is 9.80. The maximum absolute atomic E-state index is 13.0. The molecule has 1 unspecified atom stereocenters. The molecule has 0 spiro atoms. The lowest BCUT2D eigenvalue weighted by Crippen LogP contribution is -2.33. The standard InChI is InChI=1S/C31H28O4/c32-30(35-28-20-21-33-23-28)29-19-11-10-12-24(29)22-34-31(25-13-4-1-5-14-25,26-15-6-2-7-16-26)27-17-8-3-9-18-27/h1-19,28H,20-23H2. The van der Waals surface area contributed by atoms with Crippen LogP contribution in [0.1, 0.15) is 39.0 Å². The number of rotatable bonds is 8. The number of esters is 1. The van der Waals surface area contributed by atoms with Crippen molar-refractivity contribution in [3.05, 3.63) is 143 Å². The molecular formula is C31H28O4. The summed E-state index contributed by atoms with van der Waals surface area (Å²) in [4.78, 5) is 13.0. The van der Waals surface area contributed by atoms with Crippen molar-refractivity contribution in [2.45, 2.75) is 24.7 Å². The quantitative estimate of drug-likeness (QED) is 0.232. The SMILES string of the molecule is O=C(OC1CCOC1)c1ccccc1COC(c1ccccc1)(c1ccccc1)c1ccccc1. The van der Waals surface area contributed by atoms with Crippen molar-refractivity contribution in [2.24, 2.45) is 0 Å². The second kappa shape index (κ2) is 10.7. The molecule has 4 aromatic carbocycles. The van der Waals surface area contributed by atoms with Crippen molar-refractivity contribution < 1.29 is 19.0 Å². The highest BCUT2D eigenvalue weighted by atomic mass is 16.6. The summed E-state index contributed by atoms with van der Waals surface area (Å²) in [5, 5.41) is 0. The Morgan fingerprint density at radius 1 is 0.743 bits per heavy atom. The van der Waals surface area contributed by atoms with E-state index in [2.05, 4.69) is 36.4 Å². The largest absolute Gasteiger partial charge is 0.456 e. The van der Waals surface area contributed by atoms with E-state index in [9.17, 15) is 4.79 Å². The normalized spacial score (nSPS) is 15.6. The fourth-order valence-corrected chi connectivity index (χ4v) is 4.62. The van der Waals surface area contributed by atoms with Crippen LogP contribution in [0.2, 0.25) is 0 Å². The summed E-state index contributed by atoms with van der Waals surface area (Å²) >= 11 is 0. The van der Waals surface area contributed by atoms with Gasteiger partial charge in [-0.15, -0.1) is 0 Å². The van der Waals surface area contributed by atoms with Crippen LogP contribution in [0.25, 0.3) is 0 Å². The van der Waals surface area contributed by atoms with Crippen LogP contribution in [-0.4, -0.2) is 25.3 Å². The molecule has 1 atom stereocenters. The lowest BCUT2D eigenvalue weighted by Gasteiger charge is -2.36. The molecule has 1 aliphatic heterocycles. The third-order valence-corrected chi connectivity index (χ3v) is 6.38. The number of ether oxygens (including phenoxy) is 3. The van der Waals surface area contributed by atoms with E-state index in [1.54, 1.807) is 6.07 Å². The minimum absolute atomic E-state index is 0.200. The van der Waals surface area contributed by atoms with E-state index in [4.69, 9.17) is 14.2 Å². The molecule has 0 radical (unpaired) electrons. The number of carbonyl (C=O) groups excluding carboxylic acids is 1. The van der Waals surface area contributed by atoms with Crippen molar-refractivity contribution in [3.63, 3.8) is 0 Å². The third kappa shape index (κ3) is 4.90. The zero-order valence-corrected chi connectivity index (χ0v) is 19.5. The van der Waals surface area contributed by atoms with Crippen LogP contribution in [0.4, 0.5) is 0 Å². The molecule has 176 valence electrons. The first-order valence-corrected chi connectivity index (χ1v) is 11.9. The maximum atomic E-state index is 13.0. The number of hydrogen-bond donors (Lipinski definition) is 0. The van der Waals surface area contributed by atoms with Gasteiger partial charge < -0.3 is 14.2 Å². The van der Waals surface area contributed by atoms with Crippen molar-refractivity contribution >= 4 is 5.97 Å². The van der Waals surface area contributed by atoms with Crippen molar-refractivity contribution in [1.82, 2.24) is 0 Å². The molecule has 1 heterocycles. The Balaban J connectivity index is 1.54. The Morgan fingerprint density at radius 2 is 1.26 bits per heavy atom. The van der Waals surface area contributed by atoms with Crippen LogP contribution in [0.15, 0.2) is 115 Å². The molecule has 1 fully saturated rings. The molecule has 0 bridgehead atoms. The van der Waals surface area contributed by atoms with E-state index >= 15 is 0 Å². The van der Waals surface area contributed by atoms with Crippen molar-refractivity contribution in [2.75, 3.05) is 13.2 Å². The van der Waals surface area contributed by atoms with Crippen LogP contribution in [-0.2, 0) is 26.4 Å². The predicted octanol–water partition coefficient (Wildman–Crippen LogP) is 6.14. The van der Waals surface area contributed by atoms with E-state index in [-0.39, 0.29) is 18.7 Å². The van der Waals surface area contributed by atoms with Crippen LogP contribution in [0.5, 0.6) is 0 Å². The monoisotopic (exact) mass is 464 g/mol. The average molecular weight is 465 g/mol. The summed E-state index contributed by atoms with van der Waals surface area (Å²) in [5.41, 5.74) is 3.48. The van der Waals surface area contributed by atoms with Gasteiger partial charge in [-0.25, -0.2) is 4.79 Å². The minimum Gasteiger partial charge on any atom is -0.456 e.